The van der Waals surface area contributed by atoms with Gasteiger partial charge >= 0.3 is 0 Å². The van der Waals surface area contributed by atoms with Crippen LogP contribution in [0.1, 0.15) is 41.7 Å². The molecular formula is C17H19FO. The van der Waals surface area contributed by atoms with E-state index >= 15 is 0 Å². The molecule has 19 heavy (non-hydrogen) atoms. The molecule has 0 aliphatic carbocycles. The Morgan fingerprint density at radius 1 is 1.11 bits per heavy atom. The summed E-state index contributed by atoms with van der Waals surface area (Å²) in [6.45, 7) is 3.84. The molecule has 100 valence electrons. The molecule has 0 aliphatic rings. The van der Waals surface area contributed by atoms with E-state index in [1.165, 1.54) is 11.6 Å². The monoisotopic (exact) mass is 258 g/mol. The fourth-order valence-corrected chi connectivity index (χ4v) is 2.24. The summed E-state index contributed by atoms with van der Waals surface area (Å²) in [6.07, 6.45) is 1.38. The maximum atomic E-state index is 13.2. The molecule has 0 saturated carbocycles. The molecule has 2 rings (SSSR count). The molecule has 0 fully saturated rings. The zero-order valence-corrected chi connectivity index (χ0v) is 11.4. The first-order valence-corrected chi connectivity index (χ1v) is 6.64. The molecule has 0 aromatic heterocycles. The predicted molar refractivity (Wildman–Crippen MR) is 75.6 cm³/mol. The Morgan fingerprint density at radius 3 is 2.53 bits per heavy atom. The Hall–Kier alpha value is -1.67. The first-order valence-electron chi connectivity index (χ1n) is 6.64. The first-order chi connectivity index (χ1) is 9.11. The summed E-state index contributed by atoms with van der Waals surface area (Å²) >= 11 is 0. The Morgan fingerprint density at radius 2 is 1.84 bits per heavy atom. The van der Waals surface area contributed by atoms with Gasteiger partial charge in [-0.1, -0.05) is 49.7 Å². The van der Waals surface area contributed by atoms with E-state index < -0.39 is 6.10 Å². The number of hydrogen-bond acceptors (Lipinski definition) is 1. The van der Waals surface area contributed by atoms with E-state index in [2.05, 4.69) is 13.0 Å². The predicted octanol–water partition coefficient (Wildman–Crippen LogP) is 4.17. The van der Waals surface area contributed by atoms with Crippen LogP contribution in [0.5, 0.6) is 0 Å². The van der Waals surface area contributed by atoms with E-state index in [-0.39, 0.29) is 5.82 Å². The highest BCUT2D eigenvalue weighted by Crippen LogP contribution is 2.24. The second-order valence-corrected chi connectivity index (χ2v) is 4.91. The zero-order chi connectivity index (χ0) is 13.8. The largest absolute Gasteiger partial charge is 0.384 e. The Labute approximate surface area is 113 Å². The number of aryl methyl sites for hydroxylation is 2. The van der Waals surface area contributed by atoms with Crippen LogP contribution in [0.3, 0.4) is 0 Å². The van der Waals surface area contributed by atoms with Gasteiger partial charge in [0.1, 0.15) is 11.9 Å². The van der Waals surface area contributed by atoms with Gasteiger partial charge in [-0.25, -0.2) is 4.39 Å². The molecule has 0 heterocycles. The van der Waals surface area contributed by atoms with Crippen molar-refractivity contribution in [2.24, 2.45) is 0 Å². The number of aliphatic hydroxyl groups is 1. The summed E-state index contributed by atoms with van der Waals surface area (Å²) in [7, 11) is 0. The van der Waals surface area contributed by atoms with Crippen LogP contribution in [0.25, 0.3) is 0 Å². The number of halogens is 1. The van der Waals surface area contributed by atoms with Crippen LogP contribution in [0, 0.1) is 12.7 Å². The number of hydrogen-bond donors (Lipinski definition) is 1. The van der Waals surface area contributed by atoms with Crippen molar-refractivity contribution in [2.45, 2.75) is 32.8 Å². The lowest BCUT2D eigenvalue weighted by molar-refractivity contribution is 0.220. The third kappa shape index (κ3) is 3.21. The zero-order valence-electron chi connectivity index (χ0n) is 11.4. The fourth-order valence-electron chi connectivity index (χ4n) is 2.24. The van der Waals surface area contributed by atoms with Gasteiger partial charge in [0.25, 0.3) is 0 Å². The molecule has 2 aromatic carbocycles. The van der Waals surface area contributed by atoms with Crippen molar-refractivity contribution < 1.29 is 9.50 Å². The summed E-state index contributed by atoms with van der Waals surface area (Å²) in [4.78, 5) is 0. The standard InChI is InChI=1S/C17H19FO/c1-3-5-13-6-4-7-14(11-13)17(19)15-8-9-16(18)12(2)10-15/h4,6-11,17,19H,3,5H2,1-2H3. The highest BCUT2D eigenvalue weighted by molar-refractivity contribution is 5.34. The molecule has 0 spiro atoms. The topological polar surface area (TPSA) is 20.2 Å². The van der Waals surface area contributed by atoms with Gasteiger partial charge in [0.15, 0.2) is 0 Å². The molecule has 1 unspecified atom stereocenters. The third-order valence-corrected chi connectivity index (χ3v) is 3.30. The number of benzene rings is 2. The quantitative estimate of drug-likeness (QED) is 0.872. The second kappa shape index (κ2) is 5.98. The van der Waals surface area contributed by atoms with E-state index in [9.17, 15) is 9.50 Å². The van der Waals surface area contributed by atoms with E-state index in [0.717, 1.165) is 24.0 Å². The van der Waals surface area contributed by atoms with E-state index in [0.29, 0.717) is 5.56 Å². The Bertz CT molecular complexity index is 563. The summed E-state index contributed by atoms with van der Waals surface area (Å²) in [6, 6.07) is 12.7. The van der Waals surface area contributed by atoms with Crippen LogP contribution in [-0.2, 0) is 6.42 Å². The maximum absolute atomic E-state index is 13.2. The molecule has 0 aliphatic heterocycles. The Balaban J connectivity index is 2.29. The van der Waals surface area contributed by atoms with E-state index in [1.807, 2.05) is 18.2 Å². The first kappa shape index (κ1) is 13.8. The van der Waals surface area contributed by atoms with Crippen molar-refractivity contribution >= 4 is 0 Å². The molecule has 2 heteroatoms. The molecule has 1 N–H and O–H groups in total. The van der Waals surface area contributed by atoms with Gasteiger partial charge in [-0.3, -0.25) is 0 Å². The van der Waals surface area contributed by atoms with Gasteiger partial charge in [-0.05, 0) is 41.7 Å². The highest BCUT2D eigenvalue weighted by Gasteiger charge is 2.12. The molecule has 0 saturated heterocycles. The van der Waals surface area contributed by atoms with E-state index in [4.69, 9.17) is 0 Å². The van der Waals surface area contributed by atoms with E-state index in [1.54, 1.807) is 19.1 Å². The van der Waals surface area contributed by atoms with Gasteiger partial charge in [-0.2, -0.15) is 0 Å². The number of aliphatic hydroxyl groups excluding tert-OH is 1. The van der Waals surface area contributed by atoms with Crippen molar-refractivity contribution in [1.82, 2.24) is 0 Å². The average Bonchev–Trinajstić information content (AvgIpc) is 2.42. The molecular weight excluding hydrogens is 239 g/mol. The molecule has 1 atom stereocenters. The van der Waals surface area contributed by atoms with Crippen LogP contribution in [0.2, 0.25) is 0 Å². The van der Waals surface area contributed by atoms with Crippen molar-refractivity contribution in [3.63, 3.8) is 0 Å². The fraction of sp³-hybridized carbons (Fsp3) is 0.294. The van der Waals surface area contributed by atoms with Crippen LogP contribution in [0.4, 0.5) is 4.39 Å². The van der Waals surface area contributed by atoms with Crippen LogP contribution >= 0.6 is 0 Å². The molecule has 1 nitrogen and oxygen atoms in total. The normalized spacial score (nSPS) is 12.4. The van der Waals surface area contributed by atoms with Crippen molar-refractivity contribution in [3.05, 3.63) is 70.5 Å². The smallest absolute Gasteiger partial charge is 0.126 e. The lowest BCUT2D eigenvalue weighted by Gasteiger charge is -2.13. The van der Waals surface area contributed by atoms with Gasteiger partial charge < -0.3 is 5.11 Å². The van der Waals surface area contributed by atoms with Crippen molar-refractivity contribution in [3.8, 4) is 0 Å². The molecule has 0 radical (unpaired) electrons. The van der Waals surface area contributed by atoms with Gasteiger partial charge in [0.05, 0.1) is 0 Å². The van der Waals surface area contributed by atoms with Crippen LogP contribution in [-0.4, -0.2) is 5.11 Å². The molecule has 2 aromatic rings. The second-order valence-electron chi connectivity index (χ2n) is 4.91. The maximum Gasteiger partial charge on any atom is 0.126 e. The highest BCUT2D eigenvalue weighted by atomic mass is 19.1. The average molecular weight is 258 g/mol. The third-order valence-electron chi connectivity index (χ3n) is 3.30. The van der Waals surface area contributed by atoms with Crippen LogP contribution in [0.15, 0.2) is 42.5 Å². The summed E-state index contributed by atoms with van der Waals surface area (Å²) < 4.78 is 13.2. The Kier molecular flexibility index (Phi) is 4.33. The minimum Gasteiger partial charge on any atom is -0.384 e. The lowest BCUT2D eigenvalue weighted by atomic mass is 9.97. The SMILES string of the molecule is CCCc1cccc(C(O)c2ccc(F)c(C)c2)c1. The van der Waals surface area contributed by atoms with Gasteiger partial charge in [0.2, 0.25) is 0 Å². The van der Waals surface area contributed by atoms with Gasteiger partial charge in [-0.15, -0.1) is 0 Å². The van der Waals surface area contributed by atoms with Crippen molar-refractivity contribution in [1.29, 1.82) is 0 Å². The summed E-state index contributed by atoms with van der Waals surface area (Å²) in [5, 5.41) is 10.4. The lowest BCUT2D eigenvalue weighted by Crippen LogP contribution is -2.01. The number of rotatable bonds is 4. The summed E-state index contributed by atoms with van der Waals surface area (Å²) in [5.74, 6) is -0.240. The minimum atomic E-state index is -0.698. The molecule has 0 amide bonds. The van der Waals surface area contributed by atoms with Crippen LogP contribution < -0.4 is 0 Å². The summed E-state index contributed by atoms with van der Waals surface area (Å²) in [5.41, 5.74) is 3.36. The molecule has 0 bridgehead atoms. The minimum absolute atomic E-state index is 0.240. The van der Waals surface area contributed by atoms with Crippen molar-refractivity contribution in [2.75, 3.05) is 0 Å². The van der Waals surface area contributed by atoms with Gasteiger partial charge in [0, 0.05) is 0 Å².